The van der Waals surface area contributed by atoms with E-state index in [1.807, 2.05) is 0 Å². The zero-order chi connectivity index (χ0) is 13.9. The van der Waals surface area contributed by atoms with Gasteiger partial charge in [-0.05, 0) is 48.1 Å². The number of aliphatic hydroxyl groups excluding tert-OH is 1. The molecule has 1 N–H and O–H groups in total. The van der Waals surface area contributed by atoms with Crippen molar-refractivity contribution in [2.24, 2.45) is 0 Å². The number of aryl methyl sites for hydroxylation is 1. The molecule has 0 bridgehead atoms. The van der Waals surface area contributed by atoms with Crippen molar-refractivity contribution in [3.8, 4) is 0 Å². The van der Waals surface area contributed by atoms with Gasteiger partial charge in [-0.1, -0.05) is 36.4 Å². The van der Waals surface area contributed by atoms with Crippen LogP contribution in [-0.4, -0.2) is 18.3 Å². The van der Waals surface area contributed by atoms with Gasteiger partial charge in [-0.25, -0.2) is 0 Å². The highest BCUT2D eigenvalue weighted by Crippen LogP contribution is 2.27. The van der Waals surface area contributed by atoms with Gasteiger partial charge in [0, 0.05) is 25.4 Å². The van der Waals surface area contributed by atoms with Crippen molar-refractivity contribution in [1.29, 1.82) is 0 Å². The van der Waals surface area contributed by atoms with Gasteiger partial charge in [-0.15, -0.1) is 0 Å². The molecule has 0 aromatic heterocycles. The third-order valence-corrected chi connectivity index (χ3v) is 4.13. The van der Waals surface area contributed by atoms with Crippen molar-refractivity contribution in [1.82, 2.24) is 0 Å². The first-order valence-electron chi connectivity index (χ1n) is 7.30. The Kier molecular flexibility index (Phi) is 3.75. The Balaban J connectivity index is 1.84. The smallest absolute Gasteiger partial charge is 0.0471 e. The van der Waals surface area contributed by atoms with Crippen LogP contribution in [0.15, 0.2) is 42.5 Å². The van der Waals surface area contributed by atoms with Crippen LogP contribution < -0.4 is 4.90 Å². The Morgan fingerprint density at radius 2 is 1.90 bits per heavy atom. The van der Waals surface area contributed by atoms with E-state index < -0.39 is 0 Å². The Morgan fingerprint density at radius 3 is 2.65 bits per heavy atom. The number of hydrogen-bond donors (Lipinski definition) is 1. The first kappa shape index (κ1) is 13.2. The molecular formula is C18H21NO. The lowest BCUT2D eigenvalue weighted by molar-refractivity contribution is 0.299. The summed E-state index contributed by atoms with van der Waals surface area (Å²) in [4.78, 5) is 2.46. The number of fused-ring (bicyclic) bond motifs is 1. The fraction of sp³-hybridized carbons (Fsp3) is 0.333. The second-order valence-corrected chi connectivity index (χ2v) is 5.53. The lowest BCUT2D eigenvalue weighted by atomic mass is 9.98. The molecule has 2 aromatic rings. The summed E-state index contributed by atoms with van der Waals surface area (Å²) in [6, 6.07) is 15.3. The van der Waals surface area contributed by atoms with Crippen molar-refractivity contribution >= 4 is 5.69 Å². The Labute approximate surface area is 120 Å². The average molecular weight is 267 g/mol. The monoisotopic (exact) mass is 267 g/mol. The molecule has 0 unspecified atom stereocenters. The summed E-state index contributed by atoms with van der Waals surface area (Å²) in [5.74, 6) is 0. The summed E-state index contributed by atoms with van der Waals surface area (Å²) in [6.07, 6.45) is 1.86. The summed E-state index contributed by atoms with van der Waals surface area (Å²) in [5.41, 5.74) is 6.76. The van der Waals surface area contributed by atoms with E-state index in [1.165, 1.54) is 27.9 Å². The van der Waals surface area contributed by atoms with Crippen molar-refractivity contribution in [3.63, 3.8) is 0 Å². The van der Waals surface area contributed by atoms with Crippen LogP contribution in [0, 0.1) is 6.92 Å². The predicted molar refractivity (Wildman–Crippen MR) is 83.2 cm³/mol. The second kappa shape index (κ2) is 5.68. The molecule has 1 heterocycles. The normalized spacial score (nSPS) is 14.2. The molecule has 0 spiro atoms. The number of rotatable bonds is 3. The molecule has 2 aromatic carbocycles. The topological polar surface area (TPSA) is 23.5 Å². The van der Waals surface area contributed by atoms with Crippen molar-refractivity contribution in [2.75, 3.05) is 18.1 Å². The molecule has 1 aliphatic rings. The van der Waals surface area contributed by atoms with Crippen LogP contribution in [-0.2, 0) is 19.4 Å². The van der Waals surface area contributed by atoms with Gasteiger partial charge in [-0.2, -0.15) is 0 Å². The summed E-state index contributed by atoms with van der Waals surface area (Å²) in [5, 5.41) is 9.03. The highest BCUT2D eigenvalue weighted by molar-refractivity contribution is 5.56. The van der Waals surface area contributed by atoms with Gasteiger partial charge < -0.3 is 10.0 Å². The minimum atomic E-state index is 0.218. The summed E-state index contributed by atoms with van der Waals surface area (Å²) in [7, 11) is 0. The van der Waals surface area contributed by atoms with Crippen molar-refractivity contribution < 1.29 is 5.11 Å². The molecule has 2 nitrogen and oxygen atoms in total. The molecule has 0 amide bonds. The van der Waals surface area contributed by atoms with E-state index in [2.05, 4.69) is 54.3 Å². The van der Waals surface area contributed by atoms with E-state index in [9.17, 15) is 0 Å². The molecule has 1 aliphatic heterocycles. The molecule has 20 heavy (non-hydrogen) atoms. The summed E-state index contributed by atoms with van der Waals surface area (Å²) in [6.45, 7) is 4.46. The highest BCUT2D eigenvalue weighted by atomic mass is 16.2. The first-order valence-corrected chi connectivity index (χ1v) is 7.30. The maximum atomic E-state index is 9.03. The Hall–Kier alpha value is -1.80. The number of benzene rings is 2. The van der Waals surface area contributed by atoms with Crippen LogP contribution in [0.5, 0.6) is 0 Å². The van der Waals surface area contributed by atoms with Crippen LogP contribution in [0.3, 0.4) is 0 Å². The van der Waals surface area contributed by atoms with Crippen LogP contribution >= 0.6 is 0 Å². The summed E-state index contributed by atoms with van der Waals surface area (Å²) >= 11 is 0. The molecule has 0 radical (unpaired) electrons. The molecule has 104 valence electrons. The van der Waals surface area contributed by atoms with E-state index in [0.29, 0.717) is 0 Å². The van der Waals surface area contributed by atoms with E-state index >= 15 is 0 Å². The highest BCUT2D eigenvalue weighted by Gasteiger charge is 2.17. The van der Waals surface area contributed by atoms with Crippen LogP contribution in [0.2, 0.25) is 0 Å². The fourth-order valence-corrected chi connectivity index (χ4v) is 3.06. The van der Waals surface area contributed by atoms with Gasteiger partial charge in [0.15, 0.2) is 0 Å². The second-order valence-electron chi connectivity index (χ2n) is 5.53. The van der Waals surface area contributed by atoms with E-state index in [-0.39, 0.29) is 6.61 Å². The summed E-state index contributed by atoms with van der Waals surface area (Å²) < 4.78 is 0. The zero-order valence-corrected chi connectivity index (χ0v) is 12.0. The minimum Gasteiger partial charge on any atom is -0.396 e. The minimum absolute atomic E-state index is 0.218. The Morgan fingerprint density at radius 1 is 1.10 bits per heavy atom. The first-order chi connectivity index (χ1) is 9.78. The van der Waals surface area contributed by atoms with Gasteiger partial charge in [0.05, 0.1) is 0 Å². The molecule has 0 saturated carbocycles. The maximum absolute atomic E-state index is 9.03. The third kappa shape index (κ3) is 2.56. The molecule has 2 heteroatoms. The third-order valence-electron chi connectivity index (χ3n) is 4.13. The van der Waals surface area contributed by atoms with E-state index in [0.717, 1.165) is 25.9 Å². The van der Waals surface area contributed by atoms with Crippen molar-refractivity contribution in [3.05, 3.63) is 64.7 Å². The van der Waals surface area contributed by atoms with Gasteiger partial charge in [-0.3, -0.25) is 0 Å². The Bertz CT molecular complexity index is 606. The van der Waals surface area contributed by atoms with Gasteiger partial charge in [0.1, 0.15) is 0 Å². The van der Waals surface area contributed by atoms with E-state index in [4.69, 9.17) is 5.11 Å². The van der Waals surface area contributed by atoms with Gasteiger partial charge in [0.25, 0.3) is 0 Å². The van der Waals surface area contributed by atoms with E-state index in [1.54, 1.807) is 0 Å². The molecule has 3 rings (SSSR count). The molecule has 0 fully saturated rings. The number of aliphatic hydroxyl groups is 1. The molecule has 0 saturated heterocycles. The quantitative estimate of drug-likeness (QED) is 0.923. The largest absolute Gasteiger partial charge is 0.396 e. The number of anilines is 1. The molecule has 0 atom stereocenters. The molecule has 0 aliphatic carbocycles. The lowest BCUT2D eigenvalue weighted by Crippen LogP contribution is -2.30. The standard InChI is InChI=1S/C18H21NO/c1-14-12-15(9-11-20)6-7-18(14)19-10-8-16-4-2-3-5-17(16)13-19/h2-7,12,20H,8-11,13H2,1H3. The average Bonchev–Trinajstić information content (AvgIpc) is 2.47. The van der Waals surface area contributed by atoms with Gasteiger partial charge in [0.2, 0.25) is 0 Å². The number of nitrogens with zero attached hydrogens (tertiary/aromatic N) is 1. The van der Waals surface area contributed by atoms with Crippen LogP contribution in [0.4, 0.5) is 5.69 Å². The predicted octanol–water partition coefficient (Wildman–Crippen LogP) is 3.09. The SMILES string of the molecule is Cc1cc(CCO)ccc1N1CCc2ccccc2C1. The van der Waals surface area contributed by atoms with Crippen molar-refractivity contribution in [2.45, 2.75) is 26.3 Å². The van der Waals surface area contributed by atoms with Crippen LogP contribution in [0.1, 0.15) is 22.3 Å². The molecular weight excluding hydrogens is 246 g/mol. The maximum Gasteiger partial charge on any atom is 0.0471 e. The number of hydrogen-bond acceptors (Lipinski definition) is 2. The van der Waals surface area contributed by atoms with Crippen LogP contribution in [0.25, 0.3) is 0 Å². The lowest BCUT2D eigenvalue weighted by Gasteiger charge is -2.32. The zero-order valence-electron chi connectivity index (χ0n) is 12.0. The van der Waals surface area contributed by atoms with Gasteiger partial charge >= 0.3 is 0 Å². The fourth-order valence-electron chi connectivity index (χ4n) is 3.06.